The van der Waals surface area contributed by atoms with Gasteiger partial charge in [-0.15, -0.1) is 0 Å². The van der Waals surface area contributed by atoms with Gasteiger partial charge in [-0.05, 0) is 37.6 Å². The summed E-state index contributed by atoms with van der Waals surface area (Å²) in [6, 6.07) is 5.54. The van der Waals surface area contributed by atoms with Gasteiger partial charge in [0.15, 0.2) is 0 Å². The molecule has 0 aliphatic carbocycles. The van der Waals surface area contributed by atoms with Crippen molar-refractivity contribution < 1.29 is 9.90 Å². The summed E-state index contributed by atoms with van der Waals surface area (Å²) in [5, 5.41) is 12.7. The number of benzene rings is 1. The number of carboxylic acids is 1. The summed E-state index contributed by atoms with van der Waals surface area (Å²) in [6.45, 7) is 4.35. The van der Waals surface area contributed by atoms with E-state index in [2.05, 4.69) is 22.1 Å². The van der Waals surface area contributed by atoms with Crippen molar-refractivity contribution in [1.82, 2.24) is 5.32 Å². The Morgan fingerprint density at radius 1 is 1.26 bits per heavy atom. The molecule has 1 saturated heterocycles. The van der Waals surface area contributed by atoms with Crippen LogP contribution in [0.1, 0.15) is 41.6 Å². The Hall–Kier alpha value is -2.03. The van der Waals surface area contributed by atoms with E-state index in [1.165, 1.54) is 0 Å². The molecule has 4 N–H and O–H groups in total. The fourth-order valence-corrected chi connectivity index (χ4v) is 2.63. The third-order valence-corrected chi connectivity index (χ3v) is 3.94. The molecule has 2 rings (SSSR count). The number of nitrogens with one attached hydrogen (secondary N) is 1. The number of hydrogen-bond donors (Lipinski definition) is 3. The number of carbonyl (C=O) groups is 1. The van der Waals surface area contributed by atoms with E-state index in [4.69, 9.17) is 5.73 Å². The zero-order chi connectivity index (χ0) is 16.5. The van der Waals surface area contributed by atoms with Gasteiger partial charge in [0.05, 0.1) is 5.56 Å². The maximum absolute atomic E-state index is 11.5. The molecule has 1 aliphatic heterocycles. The predicted molar refractivity (Wildman–Crippen MR) is 92.9 cm³/mol. The normalized spacial score (nSPS) is 14.2. The molecule has 124 valence electrons. The maximum Gasteiger partial charge on any atom is 0.337 e. The van der Waals surface area contributed by atoms with Gasteiger partial charge in [0, 0.05) is 43.9 Å². The highest BCUT2D eigenvalue weighted by Gasteiger charge is 2.15. The number of nitrogens with two attached hydrogens (primary N) is 1. The van der Waals surface area contributed by atoms with Crippen LogP contribution < -0.4 is 16.0 Å². The summed E-state index contributed by atoms with van der Waals surface area (Å²) in [4.78, 5) is 13.7. The van der Waals surface area contributed by atoms with Gasteiger partial charge in [0.25, 0.3) is 0 Å². The highest BCUT2D eigenvalue weighted by Crippen LogP contribution is 2.20. The van der Waals surface area contributed by atoms with E-state index in [-0.39, 0.29) is 5.56 Å². The lowest BCUT2D eigenvalue weighted by Crippen LogP contribution is -2.43. The molecule has 0 saturated carbocycles. The first kappa shape index (κ1) is 17.3. The highest BCUT2D eigenvalue weighted by molar-refractivity contribution is 5.92. The van der Waals surface area contributed by atoms with Crippen molar-refractivity contribution in [2.75, 3.05) is 37.6 Å². The SMILES string of the molecule is NCCCCCC#Cc1ccc(N2CCNCC2)cc1C(=O)O. The standard InChI is InChI=1S/C18H25N3O2/c19-9-5-3-1-2-4-6-15-7-8-16(14-17(15)18(22)23)21-12-10-20-11-13-21/h7-8,14,20H,1-3,5,9-13,19H2,(H,22,23). The minimum Gasteiger partial charge on any atom is -0.478 e. The van der Waals surface area contributed by atoms with E-state index in [0.29, 0.717) is 12.1 Å². The molecule has 0 radical (unpaired) electrons. The van der Waals surface area contributed by atoms with Crippen LogP contribution in [0.3, 0.4) is 0 Å². The molecule has 1 fully saturated rings. The van der Waals surface area contributed by atoms with E-state index >= 15 is 0 Å². The van der Waals surface area contributed by atoms with E-state index in [9.17, 15) is 9.90 Å². The molecule has 1 heterocycles. The van der Waals surface area contributed by atoms with Crippen molar-refractivity contribution >= 4 is 11.7 Å². The Balaban J connectivity index is 2.07. The second-order valence-electron chi connectivity index (χ2n) is 5.67. The van der Waals surface area contributed by atoms with E-state index in [0.717, 1.165) is 57.5 Å². The second kappa shape index (κ2) is 9.19. The quantitative estimate of drug-likeness (QED) is 0.550. The fraction of sp³-hybridized carbons (Fsp3) is 0.500. The van der Waals surface area contributed by atoms with Crippen molar-refractivity contribution in [2.45, 2.75) is 25.7 Å². The third-order valence-electron chi connectivity index (χ3n) is 3.94. The average Bonchev–Trinajstić information content (AvgIpc) is 2.58. The van der Waals surface area contributed by atoms with Crippen LogP contribution in [0.5, 0.6) is 0 Å². The van der Waals surface area contributed by atoms with Crippen molar-refractivity contribution in [3.8, 4) is 11.8 Å². The van der Waals surface area contributed by atoms with Crippen LogP contribution >= 0.6 is 0 Å². The smallest absolute Gasteiger partial charge is 0.337 e. The van der Waals surface area contributed by atoms with Crippen LogP contribution in [0.25, 0.3) is 0 Å². The van der Waals surface area contributed by atoms with Gasteiger partial charge in [-0.1, -0.05) is 18.3 Å². The Labute approximate surface area is 137 Å². The molecule has 0 amide bonds. The van der Waals surface area contributed by atoms with Crippen molar-refractivity contribution in [3.05, 3.63) is 29.3 Å². The van der Waals surface area contributed by atoms with Crippen molar-refractivity contribution in [1.29, 1.82) is 0 Å². The second-order valence-corrected chi connectivity index (χ2v) is 5.67. The summed E-state index contributed by atoms with van der Waals surface area (Å²) >= 11 is 0. The lowest BCUT2D eigenvalue weighted by atomic mass is 10.1. The molecule has 0 aromatic heterocycles. The Bertz CT molecular complexity index is 584. The number of nitrogens with zero attached hydrogens (tertiary/aromatic N) is 1. The van der Waals surface area contributed by atoms with Gasteiger partial charge >= 0.3 is 5.97 Å². The number of piperazine rings is 1. The molecule has 5 nitrogen and oxygen atoms in total. The average molecular weight is 315 g/mol. The van der Waals surface area contributed by atoms with Crippen molar-refractivity contribution in [2.24, 2.45) is 5.73 Å². The fourth-order valence-electron chi connectivity index (χ4n) is 2.63. The van der Waals surface area contributed by atoms with E-state index < -0.39 is 5.97 Å². The first-order valence-corrected chi connectivity index (χ1v) is 8.24. The molecule has 0 unspecified atom stereocenters. The lowest BCUT2D eigenvalue weighted by Gasteiger charge is -2.29. The lowest BCUT2D eigenvalue weighted by molar-refractivity contribution is 0.0696. The van der Waals surface area contributed by atoms with Crippen LogP contribution in [0.2, 0.25) is 0 Å². The number of hydrogen-bond acceptors (Lipinski definition) is 4. The molecule has 0 spiro atoms. The number of anilines is 1. The minimum absolute atomic E-state index is 0.287. The van der Waals surface area contributed by atoms with Gasteiger partial charge in [-0.3, -0.25) is 0 Å². The van der Waals surface area contributed by atoms with Crippen LogP contribution in [-0.2, 0) is 0 Å². The first-order chi connectivity index (χ1) is 11.2. The summed E-state index contributed by atoms with van der Waals surface area (Å²) in [5.74, 6) is 5.16. The third kappa shape index (κ3) is 5.27. The maximum atomic E-state index is 11.5. The topological polar surface area (TPSA) is 78.6 Å². The zero-order valence-electron chi connectivity index (χ0n) is 13.5. The van der Waals surface area contributed by atoms with Gasteiger partial charge in [0.1, 0.15) is 0 Å². The van der Waals surface area contributed by atoms with Gasteiger partial charge in [-0.25, -0.2) is 4.79 Å². The molecular formula is C18H25N3O2. The van der Waals surface area contributed by atoms with Crippen LogP contribution in [0, 0.1) is 11.8 Å². The molecule has 1 aromatic carbocycles. The molecule has 1 aliphatic rings. The van der Waals surface area contributed by atoms with Crippen LogP contribution in [0.15, 0.2) is 18.2 Å². The molecular weight excluding hydrogens is 290 g/mol. The van der Waals surface area contributed by atoms with Crippen LogP contribution in [-0.4, -0.2) is 43.8 Å². The monoisotopic (exact) mass is 315 g/mol. The zero-order valence-corrected chi connectivity index (χ0v) is 13.5. The largest absolute Gasteiger partial charge is 0.478 e. The number of rotatable bonds is 6. The van der Waals surface area contributed by atoms with Crippen LogP contribution in [0.4, 0.5) is 5.69 Å². The molecule has 0 bridgehead atoms. The molecule has 23 heavy (non-hydrogen) atoms. The highest BCUT2D eigenvalue weighted by atomic mass is 16.4. The summed E-state index contributed by atoms with van der Waals surface area (Å²) < 4.78 is 0. The van der Waals surface area contributed by atoms with E-state index in [1.54, 1.807) is 6.07 Å². The van der Waals surface area contributed by atoms with Gasteiger partial charge in [0.2, 0.25) is 0 Å². The predicted octanol–water partition coefficient (Wildman–Crippen LogP) is 1.67. The Kier molecular flexibility index (Phi) is 6.92. The van der Waals surface area contributed by atoms with Gasteiger partial charge < -0.3 is 21.1 Å². The molecule has 5 heteroatoms. The number of carboxylic acid groups (broad SMARTS) is 1. The number of aromatic carboxylic acids is 1. The Morgan fingerprint density at radius 2 is 2.04 bits per heavy atom. The summed E-state index contributed by atoms with van der Waals surface area (Å²) in [6.07, 6.45) is 3.87. The Morgan fingerprint density at radius 3 is 2.74 bits per heavy atom. The molecule has 1 aromatic rings. The summed E-state index contributed by atoms with van der Waals surface area (Å²) in [5.41, 5.74) is 7.29. The minimum atomic E-state index is -0.922. The van der Waals surface area contributed by atoms with Gasteiger partial charge in [-0.2, -0.15) is 0 Å². The molecule has 0 atom stereocenters. The first-order valence-electron chi connectivity index (χ1n) is 8.24. The van der Waals surface area contributed by atoms with E-state index in [1.807, 2.05) is 12.1 Å². The summed E-state index contributed by atoms with van der Waals surface area (Å²) in [7, 11) is 0. The number of unbranched alkanes of at least 4 members (excludes halogenated alkanes) is 3. The van der Waals surface area contributed by atoms with Crippen molar-refractivity contribution in [3.63, 3.8) is 0 Å².